The molecule has 0 unspecified atom stereocenters. The molecule has 7 nitrogen and oxygen atoms in total. The summed E-state index contributed by atoms with van der Waals surface area (Å²) in [6, 6.07) is 9.46. The van der Waals surface area contributed by atoms with E-state index >= 15 is 0 Å². The van der Waals surface area contributed by atoms with Crippen molar-refractivity contribution in [2.45, 2.75) is 0 Å². The molecule has 0 fully saturated rings. The Balaban J connectivity index is 1.61. The van der Waals surface area contributed by atoms with E-state index in [2.05, 4.69) is 15.5 Å². The van der Waals surface area contributed by atoms with Gasteiger partial charge < -0.3 is 13.9 Å². The molecule has 0 spiro atoms. The molecule has 1 amide bonds. The summed E-state index contributed by atoms with van der Waals surface area (Å²) in [5.74, 6) is 0.134. The molecule has 2 aromatic rings. The van der Waals surface area contributed by atoms with Crippen molar-refractivity contribution in [3.63, 3.8) is 0 Å². The van der Waals surface area contributed by atoms with E-state index in [1.807, 2.05) is 30.3 Å². The number of aromatic nitrogens is 2. The van der Waals surface area contributed by atoms with Gasteiger partial charge in [0, 0.05) is 6.08 Å². The fraction of sp³-hybridized carbons (Fsp3) is 0.133. The van der Waals surface area contributed by atoms with Gasteiger partial charge in [-0.15, -0.1) is 5.10 Å². The standard InChI is InChI=1S/C15H13N3O4/c19-13(7-6-11-4-2-1-3-5-11)16-15-18-17-14(22-15)12-10-20-8-9-21-12/h1-7,10H,8-9H2,(H,16,18,19)/b7-6+. The maximum atomic E-state index is 11.8. The fourth-order valence-electron chi connectivity index (χ4n) is 1.74. The average molecular weight is 299 g/mol. The van der Waals surface area contributed by atoms with Crippen molar-refractivity contribution in [3.05, 3.63) is 54.1 Å². The minimum atomic E-state index is -0.367. The second-order valence-electron chi connectivity index (χ2n) is 4.35. The molecule has 1 aliphatic heterocycles. The molecule has 0 radical (unpaired) electrons. The SMILES string of the molecule is O=C(/C=C/c1ccccc1)Nc1nnc(C2=COCCO2)o1. The first-order chi connectivity index (χ1) is 10.8. The number of ether oxygens (including phenoxy) is 2. The molecule has 0 bridgehead atoms. The Hall–Kier alpha value is -3.09. The predicted molar refractivity (Wildman–Crippen MR) is 78.3 cm³/mol. The molecular formula is C15H13N3O4. The van der Waals surface area contributed by atoms with Crippen molar-refractivity contribution in [1.29, 1.82) is 0 Å². The molecule has 2 heterocycles. The number of amides is 1. The van der Waals surface area contributed by atoms with Gasteiger partial charge in [0.05, 0.1) is 0 Å². The summed E-state index contributed by atoms with van der Waals surface area (Å²) in [7, 11) is 0. The van der Waals surface area contributed by atoms with Gasteiger partial charge in [-0.1, -0.05) is 35.4 Å². The lowest BCUT2D eigenvalue weighted by Crippen LogP contribution is -2.08. The highest BCUT2D eigenvalue weighted by Crippen LogP contribution is 2.19. The van der Waals surface area contributed by atoms with Crippen molar-refractivity contribution >= 4 is 23.8 Å². The van der Waals surface area contributed by atoms with E-state index in [9.17, 15) is 4.79 Å². The van der Waals surface area contributed by atoms with Gasteiger partial charge in [0.2, 0.25) is 5.76 Å². The van der Waals surface area contributed by atoms with Crippen LogP contribution in [0.15, 0.2) is 47.1 Å². The minimum absolute atomic E-state index is 0.00668. The second kappa shape index (κ2) is 6.57. The van der Waals surface area contributed by atoms with Gasteiger partial charge in [0.15, 0.2) is 0 Å². The summed E-state index contributed by atoms with van der Waals surface area (Å²) < 4.78 is 15.7. The lowest BCUT2D eigenvalue weighted by molar-refractivity contribution is -0.112. The third-order valence-electron chi connectivity index (χ3n) is 2.74. The Morgan fingerprint density at radius 2 is 2.05 bits per heavy atom. The second-order valence-corrected chi connectivity index (χ2v) is 4.35. The summed E-state index contributed by atoms with van der Waals surface area (Å²) in [5, 5.41) is 9.99. The molecule has 3 rings (SSSR count). The summed E-state index contributed by atoms with van der Waals surface area (Å²) in [6.45, 7) is 0.890. The van der Waals surface area contributed by atoms with Gasteiger partial charge in [-0.3, -0.25) is 10.1 Å². The van der Waals surface area contributed by atoms with Crippen LogP contribution < -0.4 is 5.32 Å². The number of hydrogen-bond donors (Lipinski definition) is 1. The Morgan fingerprint density at radius 3 is 2.82 bits per heavy atom. The number of hydrogen-bond acceptors (Lipinski definition) is 6. The van der Waals surface area contributed by atoms with Gasteiger partial charge in [0.1, 0.15) is 19.5 Å². The van der Waals surface area contributed by atoms with Crippen LogP contribution in [-0.4, -0.2) is 29.3 Å². The molecule has 0 aliphatic carbocycles. The molecule has 22 heavy (non-hydrogen) atoms. The number of rotatable bonds is 4. The number of carbonyl (C=O) groups is 1. The average Bonchev–Trinajstić information content (AvgIpc) is 3.03. The van der Waals surface area contributed by atoms with Crippen LogP contribution in [0, 0.1) is 0 Å². The third kappa shape index (κ3) is 3.51. The van der Waals surface area contributed by atoms with Gasteiger partial charge in [0.25, 0.3) is 11.8 Å². The lowest BCUT2D eigenvalue weighted by atomic mass is 10.2. The van der Waals surface area contributed by atoms with Crippen molar-refractivity contribution in [1.82, 2.24) is 10.2 Å². The van der Waals surface area contributed by atoms with E-state index in [1.54, 1.807) is 6.08 Å². The highest BCUT2D eigenvalue weighted by atomic mass is 16.6. The van der Waals surface area contributed by atoms with Crippen LogP contribution in [0.1, 0.15) is 11.5 Å². The topological polar surface area (TPSA) is 86.5 Å². The zero-order chi connectivity index (χ0) is 15.2. The molecular weight excluding hydrogens is 286 g/mol. The molecule has 112 valence electrons. The number of nitrogens with one attached hydrogen (secondary N) is 1. The number of carbonyl (C=O) groups excluding carboxylic acids is 1. The van der Waals surface area contributed by atoms with Crippen molar-refractivity contribution in [2.24, 2.45) is 0 Å². The fourth-order valence-corrected chi connectivity index (χ4v) is 1.74. The maximum absolute atomic E-state index is 11.8. The molecule has 1 aliphatic rings. The third-order valence-corrected chi connectivity index (χ3v) is 2.74. The largest absolute Gasteiger partial charge is 0.494 e. The highest BCUT2D eigenvalue weighted by molar-refractivity contribution is 6.00. The minimum Gasteiger partial charge on any atom is -0.494 e. The normalized spacial score (nSPS) is 14.1. The molecule has 1 aromatic heterocycles. The van der Waals surface area contributed by atoms with E-state index in [-0.39, 0.29) is 17.8 Å². The first-order valence-corrected chi connectivity index (χ1v) is 6.64. The molecule has 1 N–H and O–H groups in total. The van der Waals surface area contributed by atoms with Crippen LogP contribution in [0.3, 0.4) is 0 Å². The van der Waals surface area contributed by atoms with Crippen molar-refractivity contribution in [3.8, 4) is 0 Å². The van der Waals surface area contributed by atoms with E-state index in [1.165, 1.54) is 12.3 Å². The lowest BCUT2D eigenvalue weighted by Gasteiger charge is -2.11. The molecule has 7 heteroatoms. The monoisotopic (exact) mass is 299 g/mol. The Labute approximate surface area is 126 Å². The smallest absolute Gasteiger partial charge is 0.322 e. The quantitative estimate of drug-likeness (QED) is 0.870. The Kier molecular flexibility index (Phi) is 4.15. The van der Waals surface area contributed by atoms with Gasteiger partial charge in [-0.25, -0.2) is 0 Å². The summed E-state index contributed by atoms with van der Waals surface area (Å²) in [4.78, 5) is 11.8. The first kappa shape index (κ1) is 13.9. The van der Waals surface area contributed by atoms with Crippen LogP contribution in [0.5, 0.6) is 0 Å². The van der Waals surface area contributed by atoms with Gasteiger partial charge >= 0.3 is 6.01 Å². The van der Waals surface area contributed by atoms with E-state index in [0.29, 0.717) is 19.0 Å². The Morgan fingerprint density at radius 1 is 1.18 bits per heavy atom. The highest BCUT2D eigenvalue weighted by Gasteiger charge is 2.16. The zero-order valence-electron chi connectivity index (χ0n) is 11.6. The van der Waals surface area contributed by atoms with Crippen LogP contribution in [0.25, 0.3) is 11.8 Å². The first-order valence-electron chi connectivity index (χ1n) is 6.64. The van der Waals surface area contributed by atoms with E-state index in [0.717, 1.165) is 5.56 Å². The van der Waals surface area contributed by atoms with Crippen LogP contribution in [0.4, 0.5) is 6.01 Å². The van der Waals surface area contributed by atoms with E-state index < -0.39 is 0 Å². The maximum Gasteiger partial charge on any atom is 0.322 e. The summed E-state index contributed by atoms with van der Waals surface area (Å²) in [6.07, 6.45) is 4.48. The zero-order valence-corrected chi connectivity index (χ0v) is 11.6. The van der Waals surface area contributed by atoms with E-state index in [4.69, 9.17) is 13.9 Å². The Bertz CT molecular complexity index is 707. The van der Waals surface area contributed by atoms with Gasteiger partial charge in [-0.2, -0.15) is 0 Å². The molecule has 0 saturated heterocycles. The van der Waals surface area contributed by atoms with Crippen LogP contribution in [-0.2, 0) is 14.3 Å². The number of benzene rings is 1. The van der Waals surface area contributed by atoms with Crippen molar-refractivity contribution in [2.75, 3.05) is 18.5 Å². The van der Waals surface area contributed by atoms with Crippen molar-refractivity contribution < 1.29 is 18.7 Å². The van der Waals surface area contributed by atoms with Crippen LogP contribution >= 0.6 is 0 Å². The molecule has 0 saturated carbocycles. The summed E-state index contributed by atoms with van der Waals surface area (Å²) in [5.41, 5.74) is 0.918. The van der Waals surface area contributed by atoms with Gasteiger partial charge in [-0.05, 0) is 11.6 Å². The van der Waals surface area contributed by atoms with Crippen LogP contribution in [0.2, 0.25) is 0 Å². The molecule has 1 aromatic carbocycles. The predicted octanol–water partition coefficient (Wildman–Crippen LogP) is 2.07. The number of anilines is 1. The summed E-state index contributed by atoms with van der Waals surface area (Å²) >= 11 is 0. The number of nitrogens with zero attached hydrogens (tertiary/aromatic N) is 2. The molecule has 0 atom stereocenters.